The molecule has 33 heavy (non-hydrogen) atoms. The monoisotopic (exact) mass is 451 g/mol. The fourth-order valence-electron chi connectivity index (χ4n) is 3.99. The molecular weight excluding hydrogens is 428 g/mol. The first-order chi connectivity index (χ1) is 15.9. The molecular formula is C24H23F2N5O2. The van der Waals surface area contributed by atoms with Crippen LogP contribution in [0.3, 0.4) is 0 Å². The zero-order chi connectivity index (χ0) is 23.5. The van der Waals surface area contributed by atoms with Crippen molar-refractivity contribution >= 4 is 5.91 Å². The predicted octanol–water partition coefficient (Wildman–Crippen LogP) is 3.49. The van der Waals surface area contributed by atoms with Crippen molar-refractivity contribution in [1.82, 2.24) is 20.2 Å². The minimum Gasteiger partial charge on any atom is -0.494 e. The van der Waals surface area contributed by atoms with E-state index in [1.807, 2.05) is 0 Å². The molecule has 7 nitrogen and oxygen atoms in total. The van der Waals surface area contributed by atoms with Crippen LogP contribution < -0.4 is 15.4 Å². The van der Waals surface area contributed by atoms with Crippen molar-refractivity contribution in [3.63, 3.8) is 0 Å². The Hall–Kier alpha value is -3.77. The molecule has 2 heterocycles. The van der Waals surface area contributed by atoms with Crippen LogP contribution in [0.5, 0.6) is 5.75 Å². The third-order valence-electron chi connectivity index (χ3n) is 5.74. The van der Waals surface area contributed by atoms with Crippen LogP contribution >= 0.6 is 0 Å². The minimum atomic E-state index is -0.705. The number of nitriles is 1. The van der Waals surface area contributed by atoms with Gasteiger partial charge in [0, 0.05) is 17.7 Å². The second-order valence-corrected chi connectivity index (χ2v) is 7.83. The average molecular weight is 451 g/mol. The topological polar surface area (TPSA) is 92.0 Å². The normalized spacial score (nSPS) is 14.0. The summed E-state index contributed by atoms with van der Waals surface area (Å²) >= 11 is 0. The van der Waals surface area contributed by atoms with E-state index in [2.05, 4.69) is 15.6 Å². The van der Waals surface area contributed by atoms with Gasteiger partial charge in [0.15, 0.2) is 11.6 Å². The molecule has 1 aliphatic rings. The van der Waals surface area contributed by atoms with Gasteiger partial charge in [-0.3, -0.25) is 9.36 Å². The highest BCUT2D eigenvalue weighted by Crippen LogP contribution is 2.30. The summed E-state index contributed by atoms with van der Waals surface area (Å²) in [6, 6.07) is 10.3. The number of benzene rings is 2. The zero-order valence-electron chi connectivity index (χ0n) is 18.3. The largest absolute Gasteiger partial charge is 0.494 e. The minimum absolute atomic E-state index is 0.0255. The number of carbonyl (C=O) groups is 1. The summed E-state index contributed by atoms with van der Waals surface area (Å²) in [4.78, 5) is 17.6. The molecule has 170 valence electrons. The van der Waals surface area contributed by atoms with Crippen LogP contribution in [-0.2, 0) is 0 Å². The molecule has 0 unspecified atom stereocenters. The zero-order valence-corrected chi connectivity index (χ0v) is 18.3. The number of hydrogen-bond acceptors (Lipinski definition) is 5. The van der Waals surface area contributed by atoms with Crippen LogP contribution in [0, 0.1) is 29.9 Å². The van der Waals surface area contributed by atoms with E-state index in [4.69, 9.17) is 10.00 Å². The van der Waals surface area contributed by atoms with E-state index in [1.54, 1.807) is 29.7 Å². The van der Waals surface area contributed by atoms with Crippen LogP contribution in [0.15, 0.2) is 36.4 Å². The SMILES string of the molecule is COc1ccc(-n2c(-c3ccc(C#N)c(F)c3)nc(C(=O)NC3CCNCC3)c2C)cc1F. The van der Waals surface area contributed by atoms with Gasteiger partial charge < -0.3 is 15.4 Å². The van der Waals surface area contributed by atoms with Gasteiger partial charge in [-0.25, -0.2) is 13.8 Å². The quantitative estimate of drug-likeness (QED) is 0.620. The van der Waals surface area contributed by atoms with E-state index in [1.165, 1.54) is 31.4 Å². The summed E-state index contributed by atoms with van der Waals surface area (Å²) in [6.45, 7) is 3.34. The van der Waals surface area contributed by atoms with E-state index in [-0.39, 0.29) is 34.8 Å². The molecule has 2 N–H and O–H groups in total. The summed E-state index contributed by atoms with van der Waals surface area (Å²) in [7, 11) is 1.37. The fraction of sp³-hybridized carbons (Fsp3) is 0.292. The van der Waals surface area contributed by atoms with Crippen molar-refractivity contribution in [1.29, 1.82) is 5.26 Å². The van der Waals surface area contributed by atoms with Gasteiger partial charge >= 0.3 is 0 Å². The van der Waals surface area contributed by atoms with E-state index in [0.29, 0.717) is 16.9 Å². The lowest BCUT2D eigenvalue weighted by molar-refractivity contribution is 0.0924. The highest BCUT2D eigenvalue weighted by molar-refractivity contribution is 5.94. The maximum Gasteiger partial charge on any atom is 0.272 e. The smallest absolute Gasteiger partial charge is 0.272 e. The average Bonchev–Trinajstić information content (AvgIpc) is 3.16. The Morgan fingerprint density at radius 2 is 1.97 bits per heavy atom. The number of hydrogen-bond donors (Lipinski definition) is 2. The summed E-state index contributed by atoms with van der Waals surface area (Å²) in [6.07, 6.45) is 1.62. The standard InChI is InChI=1S/C24H23F2N5O2/c1-14-22(24(32)29-17-7-9-28-10-8-17)30-23(15-3-4-16(13-27)19(25)11-15)31(14)18-5-6-21(33-2)20(26)12-18/h3-6,11-12,17,28H,7-10H2,1-2H3,(H,29,32). The lowest BCUT2D eigenvalue weighted by Gasteiger charge is -2.23. The number of nitrogens with one attached hydrogen (secondary N) is 2. The van der Waals surface area contributed by atoms with Crippen molar-refractivity contribution in [2.45, 2.75) is 25.8 Å². The summed E-state index contributed by atoms with van der Waals surface area (Å²) in [5.74, 6) is -1.30. The Morgan fingerprint density at radius 1 is 1.21 bits per heavy atom. The molecule has 1 amide bonds. The molecule has 1 aromatic heterocycles. The number of ether oxygens (including phenoxy) is 1. The predicted molar refractivity (Wildman–Crippen MR) is 118 cm³/mol. The van der Waals surface area contributed by atoms with Crippen molar-refractivity contribution in [3.05, 3.63) is 65.0 Å². The number of halogens is 2. The van der Waals surface area contributed by atoms with E-state index in [0.717, 1.165) is 25.9 Å². The van der Waals surface area contributed by atoms with E-state index >= 15 is 0 Å². The van der Waals surface area contributed by atoms with Crippen molar-refractivity contribution in [2.75, 3.05) is 20.2 Å². The Kier molecular flexibility index (Phi) is 6.38. The summed E-state index contributed by atoms with van der Waals surface area (Å²) < 4.78 is 35.5. The van der Waals surface area contributed by atoms with Gasteiger partial charge in [0.25, 0.3) is 5.91 Å². The van der Waals surface area contributed by atoms with Crippen molar-refractivity contribution < 1.29 is 18.3 Å². The molecule has 0 radical (unpaired) electrons. The fourth-order valence-corrected chi connectivity index (χ4v) is 3.99. The third-order valence-corrected chi connectivity index (χ3v) is 5.74. The Morgan fingerprint density at radius 3 is 2.61 bits per heavy atom. The van der Waals surface area contributed by atoms with Crippen molar-refractivity contribution in [3.8, 4) is 28.9 Å². The van der Waals surface area contributed by atoms with Crippen LogP contribution in [0.25, 0.3) is 17.1 Å². The maximum absolute atomic E-state index is 14.5. The molecule has 4 rings (SSSR count). The summed E-state index contributed by atoms with van der Waals surface area (Å²) in [5.41, 5.74) is 1.30. The lowest BCUT2D eigenvalue weighted by Crippen LogP contribution is -2.43. The number of aromatic nitrogens is 2. The highest BCUT2D eigenvalue weighted by Gasteiger charge is 2.25. The first-order valence-electron chi connectivity index (χ1n) is 10.6. The molecule has 0 aliphatic carbocycles. The molecule has 0 spiro atoms. The highest BCUT2D eigenvalue weighted by atomic mass is 19.1. The van der Waals surface area contributed by atoms with Gasteiger partial charge in [-0.2, -0.15) is 5.26 Å². The second kappa shape index (κ2) is 9.38. The molecule has 1 fully saturated rings. The van der Waals surface area contributed by atoms with Crippen LogP contribution in [0.4, 0.5) is 8.78 Å². The summed E-state index contributed by atoms with van der Waals surface area (Å²) in [5, 5.41) is 15.3. The maximum atomic E-state index is 14.5. The number of amides is 1. The van der Waals surface area contributed by atoms with Gasteiger partial charge in [-0.05, 0) is 63.2 Å². The van der Waals surface area contributed by atoms with Gasteiger partial charge in [0.1, 0.15) is 23.4 Å². The number of nitrogens with zero attached hydrogens (tertiary/aromatic N) is 3. The van der Waals surface area contributed by atoms with Crippen LogP contribution in [-0.4, -0.2) is 41.7 Å². The second-order valence-electron chi connectivity index (χ2n) is 7.83. The Labute approximate surface area is 190 Å². The number of imidazole rings is 1. The molecule has 3 aromatic rings. The molecule has 2 aromatic carbocycles. The molecule has 1 saturated heterocycles. The molecule has 9 heteroatoms. The Bertz CT molecular complexity index is 1240. The molecule has 0 atom stereocenters. The third kappa shape index (κ3) is 4.43. The Balaban J connectivity index is 1.82. The molecule has 0 bridgehead atoms. The number of methoxy groups -OCH3 is 1. The molecule has 0 saturated carbocycles. The number of carbonyl (C=O) groups excluding carboxylic acids is 1. The van der Waals surface area contributed by atoms with E-state index < -0.39 is 11.6 Å². The lowest BCUT2D eigenvalue weighted by atomic mass is 10.1. The first-order valence-corrected chi connectivity index (χ1v) is 10.6. The first kappa shape index (κ1) is 22.4. The molecule has 1 aliphatic heterocycles. The van der Waals surface area contributed by atoms with Crippen molar-refractivity contribution in [2.24, 2.45) is 0 Å². The van der Waals surface area contributed by atoms with Crippen LogP contribution in [0.2, 0.25) is 0 Å². The van der Waals surface area contributed by atoms with E-state index in [9.17, 15) is 13.6 Å². The van der Waals surface area contributed by atoms with Gasteiger partial charge in [0.2, 0.25) is 0 Å². The number of rotatable bonds is 5. The number of piperidine rings is 1. The van der Waals surface area contributed by atoms with Crippen LogP contribution in [0.1, 0.15) is 34.6 Å². The van der Waals surface area contributed by atoms with Gasteiger partial charge in [-0.15, -0.1) is 0 Å². The van der Waals surface area contributed by atoms with Gasteiger partial charge in [-0.1, -0.05) is 0 Å². The van der Waals surface area contributed by atoms with Gasteiger partial charge in [0.05, 0.1) is 24.1 Å².